The molecule has 0 radical (unpaired) electrons. The zero-order valence-corrected chi connectivity index (χ0v) is 20.0. The molecule has 4 aromatic rings. The summed E-state index contributed by atoms with van der Waals surface area (Å²) in [5.41, 5.74) is 5.94. The number of amides is 1. The molecule has 5 rings (SSSR count). The minimum Gasteiger partial charge on any atom is -0.456 e. The summed E-state index contributed by atoms with van der Waals surface area (Å²) >= 11 is 1.36. The smallest absolute Gasteiger partial charge is 0.339 e. The monoisotopic (exact) mass is 471 g/mol. The van der Waals surface area contributed by atoms with Gasteiger partial charge in [0.15, 0.2) is 5.13 Å². The molecule has 0 atom stereocenters. The average molecular weight is 472 g/mol. The van der Waals surface area contributed by atoms with Crippen LogP contribution in [0.3, 0.4) is 0 Å². The lowest BCUT2D eigenvalue weighted by Gasteiger charge is -2.21. The van der Waals surface area contributed by atoms with E-state index in [1.54, 1.807) is 4.90 Å². The van der Waals surface area contributed by atoms with Crippen molar-refractivity contribution in [3.63, 3.8) is 0 Å². The highest BCUT2D eigenvalue weighted by Gasteiger charge is 2.25. The summed E-state index contributed by atoms with van der Waals surface area (Å²) in [6, 6.07) is 15.5. The topological polar surface area (TPSA) is 72.4 Å². The van der Waals surface area contributed by atoms with Gasteiger partial charge in [0.1, 0.15) is 6.61 Å². The van der Waals surface area contributed by atoms with Crippen molar-refractivity contribution in [2.45, 2.75) is 46.1 Å². The molecule has 1 aliphatic carbocycles. The molecule has 172 valence electrons. The summed E-state index contributed by atoms with van der Waals surface area (Å²) in [5, 5.41) is 3.23. The number of aryl methyl sites for hydroxylation is 2. The Morgan fingerprint density at radius 1 is 1.06 bits per heavy atom. The number of thiazole rings is 1. The number of ether oxygens (including phenoxy) is 1. The SMILES string of the molecule is CCc1ccccc1N(C(C)=O)c1nc(COC(=O)c2c3c(nc4ccccc24)CCC3)cs1. The number of hydrogen-bond acceptors (Lipinski definition) is 6. The Morgan fingerprint density at radius 2 is 1.85 bits per heavy atom. The number of pyridine rings is 1. The van der Waals surface area contributed by atoms with E-state index in [9.17, 15) is 9.59 Å². The van der Waals surface area contributed by atoms with Crippen molar-refractivity contribution in [2.75, 3.05) is 4.90 Å². The molecule has 0 unspecified atom stereocenters. The maximum Gasteiger partial charge on any atom is 0.339 e. The van der Waals surface area contributed by atoms with Gasteiger partial charge in [0.05, 0.1) is 22.5 Å². The molecule has 0 N–H and O–H groups in total. The number of esters is 1. The Balaban J connectivity index is 1.39. The van der Waals surface area contributed by atoms with E-state index in [4.69, 9.17) is 9.72 Å². The standard InChI is InChI=1S/C27H25N3O3S/c1-3-18-9-4-7-14-24(18)30(17(2)31)27-28-19(16-34-27)15-33-26(32)25-20-10-5-6-12-22(20)29-23-13-8-11-21(23)25/h4-7,9-10,12,14,16H,3,8,11,13,15H2,1-2H3. The predicted octanol–water partition coefficient (Wildman–Crippen LogP) is 5.78. The third-order valence-corrected chi connectivity index (χ3v) is 7.01. The fourth-order valence-electron chi connectivity index (χ4n) is 4.56. The van der Waals surface area contributed by atoms with E-state index >= 15 is 0 Å². The van der Waals surface area contributed by atoms with Crippen LogP contribution in [0.1, 0.15) is 53.1 Å². The Morgan fingerprint density at radius 3 is 2.68 bits per heavy atom. The molecule has 0 fully saturated rings. The first-order valence-corrected chi connectivity index (χ1v) is 12.4. The normalized spacial score (nSPS) is 12.5. The summed E-state index contributed by atoms with van der Waals surface area (Å²) in [5.74, 6) is -0.469. The Hall–Kier alpha value is -3.58. The Labute approximate surface area is 202 Å². The van der Waals surface area contributed by atoms with Crippen molar-refractivity contribution < 1.29 is 14.3 Å². The maximum atomic E-state index is 13.2. The molecule has 34 heavy (non-hydrogen) atoms. The summed E-state index contributed by atoms with van der Waals surface area (Å²) in [6.45, 7) is 3.63. The lowest BCUT2D eigenvalue weighted by Crippen LogP contribution is -2.23. The van der Waals surface area contributed by atoms with Gasteiger partial charge in [-0.2, -0.15) is 0 Å². The van der Waals surface area contributed by atoms with E-state index in [1.807, 2.05) is 53.9 Å². The number of carbonyl (C=O) groups is 2. The van der Waals surface area contributed by atoms with E-state index in [1.165, 1.54) is 18.3 Å². The molecule has 0 saturated heterocycles. The van der Waals surface area contributed by atoms with Crippen molar-refractivity contribution >= 4 is 44.9 Å². The molecule has 0 spiro atoms. The zero-order chi connectivity index (χ0) is 23.7. The third-order valence-electron chi connectivity index (χ3n) is 6.13. The van der Waals surface area contributed by atoms with Gasteiger partial charge in [-0.1, -0.05) is 43.3 Å². The van der Waals surface area contributed by atoms with Crippen molar-refractivity contribution in [3.05, 3.63) is 82.0 Å². The van der Waals surface area contributed by atoms with Crippen LogP contribution in [-0.2, 0) is 35.4 Å². The van der Waals surface area contributed by atoms with E-state index in [-0.39, 0.29) is 18.5 Å². The third kappa shape index (κ3) is 4.07. The van der Waals surface area contributed by atoms with Crippen LogP contribution in [-0.4, -0.2) is 21.8 Å². The Kier molecular flexibility index (Phi) is 6.11. The molecule has 0 aliphatic heterocycles. The number of aromatic nitrogens is 2. The van der Waals surface area contributed by atoms with Crippen LogP contribution < -0.4 is 4.90 Å². The second kappa shape index (κ2) is 9.35. The van der Waals surface area contributed by atoms with E-state index < -0.39 is 0 Å². The van der Waals surface area contributed by atoms with Gasteiger partial charge in [0.2, 0.25) is 5.91 Å². The lowest BCUT2D eigenvalue weighted by molar-refractivity contribution is -0.115. The van der Waals surface area contributed by atoms with Gasteiger partial charge in [0.25, 0.3) is 0 Å². The highest BCUT2D eigenvalue weighted by atomic mass is 32.1. The summed E-state index contributed by atoms with van der Waals surface area (Å²) in [6.07, 6.45) is 3.52. The van der Waals surface area contributed by atoms with Crippen molar-refractivity contribution in [3.8, 4) is 0 Å². The summed E-state index contributed by atoms with van der Waals surface area (Å²) < 4.78 is 5.73. The van der Waals surface area contributed by atoms with Crippen LogP contribution >= 0.6 is 11.3 Å². The van der Waals surface area contributed by atoms with Crippen molar-refractivity contribution in [1.29, 1.82) is 0 Å². The van der Waals surface area contributed by atoms with Crippen LogP contribution in [0.5, 0.6) is 0 Å². The molecule has 2 aromatic heterocycles. The van der Waals surface area contributed by atoms with Crippen LogP contribution in [0, 0.1) is 0 Å². The molecular formula is C27H25N3O3S. The fourth-order valence-corrected chi connectivity index (χ4v) is 5.42. The fraction of sp³-hybridized carbons (Fsp3) is 0.259. The van der Waals surface area contributed by atoms with Gasteiger partial charge >= 0.3 is 5.97 Å². The number of anilines is 2. The molecule has 0 saturated carbocycles. The second-order valence-electron chi connectivity index (χ2n) is 8.32. The number of benzene rings is 2. The number of carbonyl (C=O) groups excluding carboxylic acids is 2. The highest BCUT2D eigenvalue weighted by molar-refractivity contribution is 7.14. The second-order valence-corrected chi connectivity index (χ2v) is 9.15. The summed E-state index contributed by atoms with van der Waals surface area (Å²) in [7, 11) is 0. The number of para-hydroxylation sites is 2. The van der Waals surface area contributed by atoms with E-state index in [0.29, 0.717) is 16.4 Å². The van der Waals surface area contributed by atoms with Gasteiger partial charge in [-0.05, 0) is 48.9 Å². The first-order chi connectivity index (χ1) is 16.6. The molecule has 7 heteroatoms. The van der Waals surface area contributed by atoms with Gasteiger partial charge in [-0.25, -0.2) is 9.78 Å². The molecule has 2 heterocycles. The molecule has 2 aromatic carbocycles. The van der Waals surface area contributed by atoms with Crippen LogP contribution in [0.2, 0.25) is 0 Å². The molecule has 6 nitrogen and oxygen atoms in total. The van der Waals surface area contributed by atoms with Crippen molar-refractivity contribution in [1.82, 2.24) is 9.97 Å². The predicted molar refractivity (Wildman–Crippen MR) is 134 cm³/mol. The highest BCUT2D eigenvalue weighted by Crippen LogP contribution is 2.33. The number of hydrogen-bond donors (Lipinski definition) is 0. The van der Waals surface area contributed by atoms with Crippen LogP contribution in [0.15, 0.2) is 53.9 Å². The number of rotatable bonds is 6. The van der Waals surface area contributed by atoms with Crippen LogP contribution in [0.4, 0.5) is 10.8 Å². The first-order valence-electron chi connectivity index (χ1n) is 11.5. The number of fused-ring (bicyclic) bond motifs is 2. The minimum absolute atomic E-state index is 0.0436. The average Bonchev–Trinajstić information content (AvgIpc) is 3.50. The minimum atomic E-state index is -0.356. The van der Waals surface area contributed by atoms with Gasteiger partial charge in [-0.3, -0.25) is 14.7 Å². The zero-order valence-electron chi connectivity index (χ0n) is 19.2. The first kappa shape index (κ1) is 22.2. The molecule has 1 aliphatic rings. The van der Waals surface area contributed by atoms with E-state index in [0.717, 1.165) is 59.1 Å². The molecule has 0 bridgehead atoms. The Bertz CT molecular complexity index is 1400. The largest absolute Gasteiger partial charge is 0.456 e. The van der Waals surface area contributed by atoms with Crippen molar-refractivity contribution in [2.24, 2.45) is 0 Å². The maximum absolute atomic E-state index is 13.2. The lowest BCUT2D eigenvalue weighted by atomic mass is 10.0. The van der Waals surface area contributed by atoms with Gasteiger partial charge in [-0.15, -0.1) is 11.3 Å². The molecule has 1 amide bonds. The summed E-state index contributed by atoms with van der Waals surface area (Å²) in [4.78, 5) is 36.7. The van der Waals surface area contributed by atoms with Crippen LogP contribution in [0.25, 0.3) is 10.9 Å². The molecular weight excluding hydrogens is 446 g/mol. The van der Waals surface area contributed by atoms with Gasteiger partial charge < -0.3 is 4.74 Å². The van der Waals surface area contributed by atoms with E-state index in [2.05, 4.69) is 11.9 Å². The quantitative estimate of drug-likeness (QED) is 0.333. The number of nitrogens with zero attached hydrogens (tertiary/aromatic N) is 3. The van der Waals surface area contributed by atoms with Gasteiger partial charge in [0, 0.05) is 23.4 Å².